The largest absolute Gasteiger partial charge is 0.493 e. The summed E-state index contributed by atoms with van der Waals surface area (Å²) in [5, 5.41) is 10.7. The highest BCUT2D eigenvalue weighted by Gasteiger charge is 2.29. The first-order chi connectivity index (χ1) is 16.3. The zero-order valence-corrected chi connectivity index (χ0v) is 20.3. The van der Waals surface area contributed by atoms with E-state index in [4.69, 9.17) is 44.3 Å². The van der Waals surface area contributed by atoms with E-state index in [1.54, 1.807) is 42.5 Å². The summed E-state index contributed by atoms with van der Waals surface area (Å²) in [6.45, 7) is 0.311. The molecule has 1 heterocycles. The van der Waals surface area contributed by atoms with Crippen LogP contribution in [0.3, 0.4) is 0 Å². The zero-order valence-electron chi connectivity index (χ0n) is 18.0. The van der Waals surface area contributed by atoms with E-state index in [-0.39, 0.29) is 10.8 Å². The molecule has 0 bridgehead atoms. The van der Waals surface area contributed by atoms with Gasteiger partial charge < -0.3 is 14.6 Å². The molecule has 176 valence electrons. The van der Waals surface area contributed by atoms with Gasteiger partial charge in [0.15, 0.2) is 5.78 Å². The Kier molecular flexibility index (Phi) is 7.67. The summed E-state index contributed by atoms with van der Waals surface area (Å²) >= 11 is 18.6. The number of fused-ring (bicyclic) bond motifs is 1. The first-order valence-electron chi connectivity index (χ1n) is 10.8. The Hall–Kier alpha value is -2.73. The lowest BCUT2D eigenvalue weighted by Crippen LogP contribution is -2.20. The van der Waals surface area contributed by atoms with Crippen LogP contribution >= 0.6 is 34.8 Å². The number of carboxylic acids is 1. The molecule has 1 N–H and O–H groups in total. The second kappa shape index (κ2) is 10.7. The molecule has 0 saturated carbocycles. The predicted molar refractivity (Wildman–Crippen MR) is 132 cm³/mol. The van der Waals surface area contributed by atoms with Crippen LogP contribution in [-0.4, -0.2) is 23.5 Å². The lowest BCUT2D eigenvalue weighted by atomic mass is 9.93. The molecule has 5 nitrogen and oxygen atoms in total. The second-order valence-electron chi connectivity index (χ2n) is 7.96. The Morgan fingerprint density at radius 3 is 2.53 bits per heavy atom. The number of hydrogen-bond donors (Lipinski definition) is 1. The van der Waals surface area contributed by atoms with E-state index in [0.29, 0.717) is 70.7 Å². The molecule has 4 rings (SSSR count). The maximum absolute atomic E-state index is 12.6. The average molecular weight is 520 g/mol. The number of ketones is 1. The first kappa shape index (κ1) is 24.4. The second-order valence-corrected chi connectivity index (χ2v) is 9.16. The van der Waals surface area contributed by atoms with Crippen LogP contribution in [0.5, 0.6) is 17.2 Å². The maximum Gasteiger partial charge on any atom is 0.311 e. The molecule has 1 unspecified atom stereocenters. The summed E-state index contributed by atoms with van der Waals surface area (Å²) in [5.41, 5.74) is 2.04. The standard InChI is InChI=1S/C26H21Cl3O5/c27-20-5-1-3-16(25(20)29)4-2-6-22(30)15-7-9-17(10-8-15)34-24-14-23-19(13-21(24)28)18(26(31)32)11-12-33-23/h1,3,5,7-10,13-14,18H,2,4,6,11-12H2,(H,31,32). The van der Waals surface area contributed by atoms with Gasteiger partial charge in [0.2, 0.25) is 0 Å². The Labute approximate surface area is 212 Å². The molecule has 3 aromatic rings. The van der Waals surface area contributed by atoms with Crippen molar-refractivity contribution in [1.82, 2.24) is 0 Å². The van der Waals surface area contributed by atoms with E-state index in [1.165, 1.54) is 0 Å². The van der Waals surface area contributed by atoms with Crippen molar-refractivity contribution >= 4 is 46.6 Å². The van der Waals surface area contributed by atoms with E-state index in [0.717, 1.165) is 5.56 Å². The van der Waals surface area contributed by atoms with Gasteiger partial charge in [-0.05, 0) is 61.2 Å². The Morgan fingerprint density at radius 1 is 1.03 bits per heavy atom. The Morgan fingerprint density at radius 2 is 1.79 bits per heavy atom. The molecule has 3 aromatic carbocycles. The number of carboxylic acid groups (broad SMARTS) is 1. The number of halogens is 3. The van der Waals surface area contributed by atoms with Gasteiger partial charge in [0.25, 0.3) is 0 Å². The third-order valence-electron chi connectivity index (χ3n) is 5.69. The highest BCUT2D eigenvalue weighted by molar-refractivity contribution is 6.42. The molecule has 34 heavy (non-hydrogen) atoms. The summed E-state index contributed by atoms with van der Waals surface area (Å²) in [6.07, 6.45) is 2.08. The summed E-state index contributed by atoms with van der Waals surface area (Å²) in [6, 6.07) is 15.5. The van der Waals surface area contributed by atoms with Gasteiger partial charge in [-0.25, -0.2) is 0 Å². The molecule has 8 heteroatoms. The van der Waals surface area contributed by atoms with Gasteiger partial charge in [-0.3, -0.25) is 9.59 Å². The van der Waals surface area contributed by atoms with Gasteiger partial charge in [0.1, 0.15) is 17.2 Å². The molecule has 1 atom stereocenters. The molecular formula is C26H21Cl3O5. The van der Waals surface area contributed by atoms with E-state index >= 15 is 0 Å². The fourth-order valence-electron chi connectivity index (χ4n) is 3.89. The average Bonchev–Trinajstić information content (AvgIpc) is 2.82. The lowest BCUT2D eigenvalue weighted by molar-refractivity contribution is -0.139. The Balaban J connectivity index is 1.38. The molecule has 0 saturated heterocycles. The minimum Gasteiger partial charge on any atom is -0.493 e. The molecule has 0 radical (unpaired) electrons. The normalized spacial score (nSPS) is 14.7. The van der Waals surface area contributed by atoms with Crippen molar-refractivity contribution in [3.8, 4) is 17.2 Å². The quantitative estimate of drug-likeness (QED) is 0.310. The van der Waals surface area contributed by atoms with E-state index in [1.807, 2.05) is 12.1 Å². The van der Waals surface area contributed by atoms with Crippen LogP contribution < -0.4 is 9.47 Å². The van der Waals surface area contributed by atoms with Crippen molar-refractivity contribution in [3.05, 3.63) is 86.4 Å². The number of carbonyl (C=O) groups excluding carboxylic acids is 1. The number of benzene rings is 3. The number of ether oxygens (including phenoxy) is 2. The van der Waals surface area contributed by atoms with E-state index in [2.05, 4.69) is 0 Å². The van der Waals surface area contributed by atoms with Crippen LogP contribution in [0.2, 0.25) is 15.1 Å². The van der Waals surface area contributed by atoms with E-state index in [9.17, 15) is 14.7 Å². The summed E-state index contributed by atoms with van der Waals surface area (Å²) in [4.78, 5) is 24.1. The number of carbonyl (C=O) groups is 2. The van der Waals surface area contributed by atoms with Crippen LogP contribution in [0.15, 0.2) is 54.6 Å². The molecule has 1 aliphatic rings. The van der Waals surface area contributed by atoms with Crippen molar-refractivity contribution in [2.24, 2.45) is 0 Å². The van der Waals surface area contributed by atoms with Gasteiger partial charge in [0.05, 0.1) is 27.6 Å². The third kappa shape index (κ3) is 5.49. The molecule has 0 aliphatic carbocycles. The maximum atomic E-state index is 12.6. The van der Waals surface area contributed by atoms with Crippen LogP contribution in [-0.2, 0) is 11.2 Å². The van der Waals surface area contributed by atoms with Crippen LogP contribution in [0.25, 0.3) is 0 Å². The predicted octanol–water partition coefficient (Wildman–Crippen LogP) is 7.60. The topological polar surface area (TPSA) is 72.8 Å². The fourth-order valence-corrected chi connectivity index (χ4v) is 4.51. The summed E-state index contributed by atoms with van der Waals surface area (Å²) in [7, 11) is 0. The smallest absolute Gasteiger partial charge is 0.311 e. The minimum atomic E-state index is -0.912. The van der Waals surface area contributed by atoms with Crippen molar-refractivity contribution < 1.29 is 24.2 Å². The fraction of sp³-hybridized carbons (Fsp3) is 0.231. The van der Waals surface area contributed by atoms with Crippen LogP contribution in [0, 0.1) is 0 Å². The van der Waals surface area contributed by atoms with Crippen molar-refractivity contribution in [3.63, 3.8) is 0 Å². The van der Waals surface area contributed by atoms with Gasteiger partial charge in [0, 0.05) is 23.6 Å². The van der Waals surface area contributed by atoms with Crippen molar-refractivity contribution in [2.45, 2.75) is 31.6 Å². The number of aryl methyl sites for hydroxylation is 1. The molecule has 0 aromatic heterocycles. The first-order valence-corrected chi connectivity index (χ1v) is 11.9. The number of aliphatic carboxylic acids is 1. The minimum absolute atomic E-state index is 0.0182. The van der Waals surface area contributed by atoms with Gasteiger partial charge in [-0.2, -0.15) is 0 Å². The van der Waals surface area contributed by atoms with Crippen molar-refractivity contribution in [1.29, 1.82) is 0 Å². The molecule has 0 fully saturated rings. The SMILES string of the molecule is O=C(CCCc1cccc(Cl)c1Cl)c1ccc(Oc2cc3c(cc2Cl)C(C(=O)O)CCO3)cc1. The summed E-state index contributed by atoms with van der Waals surface area (Å²) in [5.74, 6) is -0.256. The molecular weight excluding hydrogens is 499 g/mol. The van der Waals surface area contributed by atoms with Gasteiger partial charge in [-0.15, -0.1) is 0 Å². The summed E-state index contributed by atoms with van der Waals surface area (Å²) < 4.78 is 11.5. The van der Waals surface area contributed by atoms with Crippen LogP contribution in [0.4, 0.5) is 0 Å². The highest BCUT2D eigenvalue weighted by atomic mass is 35.5. The lowest BCUT2D eigenvalue weighted by Gasteiger charge is -2.24. The molecule has 0 spiro atoms. The van der Waals surface area contributed by atoms with Crippen molar-refractivity contribution in [2.75, 3.05) is 6.61 Å². The highest BCUT2D eigenvalue weighted by Crippen LogP contribution is 2.41. The number of rotatable bonds is 8. The molecule has 0 amide bonds. The molecule has 1 aliphatic heterocycles. The zero-order chi connectivity index (χ0) is 24.2. The van der Waals surface area contributed by atoms with Crippen LogP contribution in [0.1, 0.15) is 46.7 Å². The number of hydrogen-bond acceptors (Lipinski definition) is 4. The third-order valence-corrected chi connectivity index (χ3v) is 6.84. The monoisotopic (exact) mass is 518 g/mol. The Bertz CT molecular complexity index is 1220. The van der Waals surface area contributed by atoms with Gasteiger partial charge in [-0.1, -0.05) is 46.9 Å². The number of Topliss-reactive ketones (excluding diaryl/α,β-unsaturated/α-hetero) is 1. The van der Waals surface area contributed by atoms with E-state index < -0.39 is 11.9 Å². The van der Waals surface area contributed by atoms with Gasteiger partial charge >= 0.3 is 5.97 Å².